The molecule has 1 aliphatic rings. The summed E-state index contributed by atoms with van der Waals surface area (Å²) in [5, 5.41) is 1.36. The van der Waals surface area contributed by atoms with Crippen LogP contribution in [0.2, 0.25) is 6.04 Å². The minimum Gasteiger partial charge on any atom is -0.459 e. The molecule has 5 heteroatoms. The Kier molecular flexibility index (Phi) is 10.9. The van der Waals surface area contributed by atoms with Crippen molar-refractivity contribution >= 4 is 26.6 Å². The van der Waals surface area contributed by atoms with Gasteiger partial charge in [0.2, 0.25) is 0 Å². The van der Waals surface area contributed by atoms with Crippen LogP contribution in [0.3, 0.4) is 0 Å². The largest absolute Gasteiger partial charge is 0.459 e. The van der Waals surface area contributed by atoms with E-state index in [0.717, 1.165) is 31.6 Å². The summed E-state index contributed by atoms with van der Waals surface area (Å²) in [6, 6.07) is 15.6. The second-order valence-electron chi connectivity index (χ2n) is 9.61. The Balaban J connectivity index is 1.41. The first kappa shape index (κ1) is 26.2. The lowest BCUT2D eigenvalue weighted by atomic mass is 9.84. The van der Waals surface area contributed by atoms with E-state index in [1.165, 1.54) is 49.8 Å². The lowest BCUT2D eigenvalue weighted by molar-refractivity contribution is 0.0160. The van der Waals surface area contributed by atoms with Gasteiger partial charge in [0.15, 0.2) is 0 Å². The van der Waals surface area contributed by atoms with Crippen LogP contribution in [0.25, 0.3) is 0 Å². The van der Waals surface area contributed by atoms with Crippen molar-refractivity contribution in [3.05, 3.63) is 59.7 Å². The second-order valence-corrected chi connectivity index (χ2v) is 11.9. The van der Waals surface area contributed by atoms with Gasteiger partial charge in [-0.1, -0.05) is 75.7 Å². The van der Waals surface area contributed by atoms with Crippen LogP contribution in [0.5, 0.6) is 5.75 Å². The summed E-state index contributed by atoms with van der Waals surface area (Å²) in [5.41, 5.74) is 0.895. The molecule has 1 aliphatic carbocycles. The number of carbonyl (C=O) groups excluding carboxylic acids is 2. The van der Waals surface area contributed by atoms with Gasteiger partial charge in [-0.25, -0.2) is 9.59 Å². The molecule has 0 bridgehead atoms. The zero-order chi connectivity index (χ0) is 24.2. The number of unbranched alkanes of at least 4 members (excludes halogenated alkanes) is 4. The topological polar surface area (TPSA) is 52.6 Å². The van der Waals surface area contributed by atoms with Crippen molar-refractivity contribution in [2.24, 2.45) is 5.92 Å². The Morgan fingerprint density at radius 3 is 2.03 bits per heavy atom. The normalized spacial score (nSPS) is 18.2. The molecule has 0 atom stereocenters. The molecule has 184 valence electrons. The molecule has 0 radical (unpaired) electrons. The lowest BCUT2D eigenvalue weighted by Gasteiger charge is -2.28. The predicted molar refractivity (Wildman–Crippen MR) is 141 cm³/mol. The van der Waals surface area contributed by atoms with E-state index in [9.17, 15) is 9.59 Å². The van der Waals surface area contributed by atoms with Crippen LogP contribution < -0.4 is 9.92 Å². The van der Waals surface area contributed by atoms with Crippen LogP contribution >= 0.6 is 0 Å². The number of esters is 2. The van der Waals surface area contributed by atoms with Crippen molar-refractivity contribution in [3.63, 3.8) is 0 Å². The Hall–Kier alpha value is -2.40. The highest BCUT2D eigenvalue weighted by atomic mass is 28.2. The third-order valence-corrected chi connectivity index (χ3v) is 8.36. The Bertz CT molecular complexity index is 883. The Labute approximate surface area is 207 Å². The molecule has 0 unspecified atom stereocenters. The molecule has 0 aliphatic heterocycles. The van der Waals surface area contributed by atoms with E-state index in [1.54, 1.807) is 24.3 Å². The molecule has 0 saturated heterocycles. The summed E-state index contributed by atoms with van der Waals surface area (Å²) in [5.74, 6) is 0.595. The fraction of sp³-hybridized carbons (Fsp3) is 0.517. The molecule has 3 rings (SSSR count). The standard InChI is InChI=1S/C29H40O4Si/c1-3-5-6-7-8-9-22-10-16-25(17-11-22)32-28(30)23-12-14-24(15-13-23)29(31)33-26-18-20-27(21-19-26)34-4-2/h12-15,18-22,25H,3-11,16-17,34H2,1-2H3/t22-,25-. The van der Waals surface area contributed by atoms with Gasteiger partial charge in [-0.2, -0.15) is 0 Å². The molecular formula is C29H40O4Si. The maximum atomic E-state index is 12.6. The summed E-state index contributed by atoms with van der Waals surface area (Å²) in [7, 11) is -0.211. The molecule has 0 N–H and O–H groups in total. The van der Waals surface area contributed by atoms with Gasteiger partial charge in [0, 0.05) is 0 Å². The first-order chi connectivity index (χ1) is 16.6. The molecule has 4 nitrogen and oxygen atoms in total. The van der Waals surface area contributed by atoms with Gasteiger partial charge < -0.3 is 9.47 Å². The fourth-order valence-corrected chi connectivity index (χ4v) is 5.86. The van der Waals surface area contributed by atoms with Crippen molar-refractivity contribution in [3.8, 4) is 5.75 Å². The molecule has 2 aromatic carbocycles. The van der Waals surface area contributed by atoms with Crippen molar-refractivity contribution in [1.29, 1.82) is 0 Å². The van der Waals surface area contributed by atoms with Crippen LogP contribution in [0.4, 0.5) is 0 Å². The summed E-state index contributed by atoms with van der Waals surface area (Å²) in [6.07, 6.45) is 12.2. The van der Waals surface area contributed by atoms with Crippen LogP contribution in [-0.4, -0.2) is 27.6 Å². The van der Waals surface area contributed by atoms with Gasteiger partial charge in [-0.15, -0.1) is 0 Å². The monoisotopic (exact) mass is 480 g/mol. The van der Waals surface area contributed by atoms with E-state index in [0.29, 0.717) is 16.9 Å². The molecule has 0 amide bonds. The molecule has 0 spiro atoms. The quantitative estimate of drug-likeness (QED) is 0.157. The van der Waals surface area contributed by atoms with Crippen molar-refractivity contribution in [2.45, 2.75) is 90.2 Å². The molecule has 0 heterocycles. The average Bonchev–Trinajstić information content (AvgIpc) is 2.86. The van der Waals surface area contributed by atoms with Gasteiger partial charge >= 0.3 is 11.9 Å². The van der Waals surface area contributed by atoms with Crippen molar-refractivity contribution < 1.29 is 19.1 Å². The van der Waals surface area contributed by atoms with E-state index in [4.69, 9.17) is 9.47 Å². The minimum absolute atomic E-state index is 0.00669. The highest BCUT2D eigenvalue weighted by Crippen LogP contribution is 2.30. The molecule has 2 aromatic rings. The first-order valence-electron chi connectivity index (χ1n) is 13.2. The van der Waals surface area contributed by atoms with Crippen LogP contribution in [-0.2, 0) is 4.74 Å². The molecule has 1 saturated carbocycles. The summed E-state index contributed by atoms with van der Waals surface area (Å²) in [4.78, 5) is 25.0. The number of hydrogen-bond donors (Lipinski definition) is 0. The second kappa shape index (κ2) is 14.1. The van der Waals surface area contributed by atoms with E-state index < -0.39 is 5.97 Å². The van der Waals surface area contributed by atoms with Crippen LogP contribution in [0.1, 0.15) is 98.8 Å². The highest BCUT2D eigenvalue weighted by molar-refractivity contribution is 6.53. The first-order valence-corrected chi connectivity index (χ1v) is 14.9. The highest BCUT2D eigenvalue weighted by Gasteiger charge is 2.24. The van der Waals surface area contributed by atoms with Gasteiger partial charge in [0.05, 0.1) is 20.6 Å². The lowest BCUT2D eigenvalue weighted by Crippen LogP contribution is -2.24. The average molecular weight is 481 g/mol. The van der Waals surface area contributed by atoms with E-state index in [-0.39, 0.29) is 21.6 Å². The summed E-state index contributed by atoms with van der Waals surface area (Å²) >= 11 is 0. The minimum atomic E-state index is -0.423. The van der Waals surface area contributed by atoms with Crippen molar-refractivity contribution in [1.82, 2.24) is 0 Å². The van der Waals surface area contributed by atoms with Crippen molar-refractivity contribution in [2.75, 3.05) is 0 Å². The summed E-state index contributed by atoms with van der Waals surface area (Å²) in [6.45, 7) is 4.45. The third-order valence-electron chi connectivity index (χ3n) is 6.81. The molecule has 1 fully saturated rings. The Morgan fingerprint density at radius 2 is 1.41 bits per heavy atom. The number of rotatable bonds is 12. The number of carbonyl (C=O) groups is 2. The van der Waals surface area contributed by atoms with Gasteiger partial charge in [-0.05, 0) is 68.0 Å². The van der Waals surface area contributed by atoms with Gasteiger partial charge in [0.1, 0.15) is 11.9 Å². The SMILES string of the molecule is CCCCCCC[C@H]1CC[C@H](OC(=O)c2ccc(C(=O)Oc3ccc([SiH2]CC)cc3)cc2)CC1. The smallest absolute Gasteiger partial charge is 0.343 e. The molecular weight excluding hydrogens is 440 g/mol. The Morgan fingerprint density at radius 1 is 0.794 bits per heavy atom. The maximum absolute atomic E-state index is 12.6. The zero-order valence-corrected chi connectivity index (χ0v) is 22.3. The zero-order valence-electron chi connectivity index (χ0n) is 20.9. The third kappa shape index (κ3) is 8.43. The van der Waals surface area contributed by atoms with Crippen LogP contribution in [0, 0.1) is 5.92 Å². The van der Waals surface area contributed by atoms with E-state index in [1.807, 2.05) is 24.3 Å². The van der Waals surface area contributed by atoms with Gasteiger partial charge in [0.25, 0.3) is 0 Å². The maximum Gasteiger partial charge on any atom is 0.343 e. The molecule has 34 heavy (non-hydrogen) atoms. The number of hydrogen-bond acceptors (Lipinski definition) is 4. The predicted octanol–water partition coefficient (Wildman–Crippen LogP) is 6.21. The fourth-order valence-electron chi connectivity index (χ4n) is 4.72. The number of benzene rings is 2. The summed E-state index contributed by atoms with van der Waals surface area (Å²) < 4.78 is 11.2. The molecule has 0 aromatic heterocycles. The van der Waals surface area contributed by atoms with Gasteiger partial charge in [-0.3, -0.25) is 0 Å². The van der Waals surface area contributed by atoms with E-state index >= 15 is 0 Å². The van der Waals surface area contributed by atoms with E-state index in [2.05, 4.69) is 13.8 Å². The number of ether oxygens (including phenoxy) is 2. The van der Waals surface area contributed by atoms with Crippen LogP contribution in [0.15, 0.2) is 48.5 Å².